The smallest absolute Gasteiger partial charge is 0.221 e. The summed E-state index contributed by atoms with van der Waals surface area (Å²) in [6.07, 6.45) is 0.348. The Labute approximate surface area is 186 Å². The van der Waals surface area contributed by atoms with Crippen LogP contribution in [0.1, 0.15) is 49.5 Å². The van der Waals surface area contributed by atoms with Gasteiger partial charge in [0.1, 0.15) is 22.9 Å². The lowest BCUT2D eigenvalue weighted by molar-refractivity contribution is -0.114. The van der Waals surface area contributed by atoms with Crippen LogP contribution in [0.5, 0.6) is 11.5 Å². The number of carbonyl (C=O) groups excluding carboxylic acids is 1. The zero-order valence-corrected chi connectivity index (χ0v) is 18.3. The molecule has 0 radical (unpaired) electrons. The van der Waals surface area contributed by atoms with E-state index in [0.717, 1.165) is 0 Å². The molecule has 1 amide bonds. The predicted molar refractivity (Wildman–Crippen MR) is 117 cm³/mol. The van der Waals surface area contributed by atoms with Gasteiger partial charge in [-0.3, -0.25) is 4.79 Å². The largest absolute Gasteiger partial charge is 0.495 e. The highest BCUT2D eigenvalue weighted by Crippen LogP contribution is 2.44. The minimum absolute atomic E-state index is 0.213. The van der Waals surface area contributed by atoms with E-state index in [2.05, 4.69) is 10.2 Å². The topological polar surface area (TPSA) is 91.3 Å². The van der Waals surface area contributed by atoms with Crippen LogP contribution in [0, 0.1) is 5.82 Å². The van der Waals surface area contributed by atoms with Gasteiger partial charge in [-0.2, -0.15) is 0 Å². The molecule has 2 heterocycles. The maximum Gasteiger partial charge on any atom is 0.221 e. The van der Waals surface area contributed by atoms with Crippen molar-refractivity contribution in [3.63, 3.8) is 0 Å². The Morgan fingerprint density at radius 1 is 1.31 bits per heavy atom. The van der Waals surface area contributed by atoms with Crippen LogP contribution in [0.3, 0.4) is 0 Å². The van der Waals surface area contributed by atoms with Gasteiger partial charge in [-0.15, -0.1) is 0 Å². The summed E-state index contributed by atoms with van der Waals surface area (Å²) in [6.45, 7) is 3.27. The minimum Gasteiger partial charge on any atom is -0.495 e. The highest BCUT2D eigenvalue weighted by molar-refractivity contribution is 5.90. The Balaban J connectivity index is 1.39. The number of β-amino-alcohol motifs (C(OH)–C–C–N with tert-alkyl or cyclic N) is 1. The third-order valence-electron chi connectivity index (χ3n) is 6.34. The van der Waals surface area contributed by atoms with E-state index in [-0.39, 0.29) is 11.7 Å². The highest BCUT2D eigenvalue weighted by atomic mass is 19.1. The molecular formula is C24H29FN2O5. The molecule has 0 aliphatic carbocycles. The van der Waals surface area contributed by atoms with Crippen molar-refractivity contribution >= 4 is 11.6 Å². The molecule has 1 saturated heterocycles. The van der Waals surface area contributed by atoms with Crippen molar-refractivity contribution in [1.29, 1.82) is 0 Å². The summed E-state index contributed by atoms with van der Waals surface area (Å²) in [4.78, 5) is 13.6. The number of nitrogens with one attached hydrogen (secondary N) is 1. The maximum absolute atomic E-state index is 13.5. The molecule has 0 saturated carbocycles. The van der Waals surface area contributed by atoms with Gasteiger partial charge in [0.15, 0.2) is 0 Å². The van der Waals surface area contributed by atoms with E-state index in [1.807, 2.05) is 0 Å². The van der Waals surface area contributed by atoms with Crippen molar-refractivity contribution < 1.29 is 28.9 Å². The average Bonchev–Trinajstić information content (AvgIpc) is 2.76. The van der Waals surface area contributed by atoms with Crippen molar-refractivity contribution in [2.75, 3.05) is 32.1 Å². The second-order valence-corrected chi connectivity index (χ2v) is 8.64. The number of aliphatic hydroxyl groups excluding tert-OH is 2. The monoisotopic (exact) mass is 444 g/mol. The van der Waals surface area contributed by atoms with E-state index in [0.29, 0.717) is 67.2 Å². The fourth-order valence-corrected chi connectivity index (χ4v) is 4.63. The molecule has 2 aromatic rings. The number of amides is 1. The van der Waals surface area contributed by atoms with Crippen LogP contribution in [0.4, 0.5) is 10.1 Å². The van der Waals surface area contributed by atoms with Crippen LogP contribution in [0.15, 0.2) is 36.4 Å². The van der Waals surface area contributed by atoms with Crippen molar-refractivity contribution in [2.45, 2.75) is 44.0 Å². The first-order valence-corrected chi connectivity index (χ1v) is 10.8. The molecule has 4 rings (SSSR count). The lowest BCUT2D eigenvalue weighted by Gasteiger charge is -2.46. The van der Waals surface area contributed by atoms with Gasteiger partial charge < -0.3 is 29.9 Å². The number of piperidine rings is 1. The number of aliphatic hydroxyl groups is 2. The molecule has 8 heteroatoms. The summed E-state index contributed by atoms with van der Waals surface area (Å²) in [6, 6.07) is 9.51. The highest BCUT2D eigenvalue weighted by Gasteiger charge is 2.43. The first kappa shape index (κ1) is 22.5. The van der Waals surface area contributed by atoms with Crippen LogP contribution in [-0.2, 0) is 4.79 Å². The summed E-state index contributed by atoms with van der Waals surface area (Å²) >= 11 is 0. The number of likely N-dealkylation sites (tertiary alicyclic amines) is 1. The fraction of sp³-hybridized carbons (Fsp3) is 0.458. The van der Waals surface area contributed by atoms with Gasteiger partial charge >= 0.3 is 0 Å². The normalized spacial score (nSPS) is 20.8. The van der Waals surface area contributed by atoms with Crippen LogP contribution in [-0.4, -0.2) is 53.4 Å². The lowest BCUT2D eigenvalue weighted by atomic mass is 9.81. The maximum atomic E-state index is 13.5. The van der Waals surface area contributed by atoms with E-state index in [9.17, 15) is 19.4 Å². The number of halogens is 1. The molecule has 7 nitrogen and oxygen atoms in total. The average molecular weight is 445 g/mol. The summed E-state index contributed by atoms with van der Waals surface area (Å²) < 4.78 is 25.0. The number of fused-ring (bicyclic) bond motifs is 1. The number of anilines is 1. The molecule has 3 N–H and O–H groups in total. The molecular weight excluding hydrogens is 415 g/mol. The van der Waals surface area contributed by atoms with Gasteiger partial charge in [0.2, 0.25) is 5.91 Å². The molecule has 0 bridgehead atoms. The number of ether oxygens (including phenoxy) is 2. The molecule has 2 aromatic carbocycles. The molecule has 2 aliphatic rings. The number of methoxy groups -OCH3 is 1. The fourth-order valence-electron chi connectivity index (χ4n) is 4.63. The van der Waals surface area contributed by atoms with E-state index in [1.165, 1.54) is 26.2 Å². The molecule has 32 heavy (non-hydrogen) atoms. The van der Waals surface area contributed by atoms with Crippen LogP contribution in [0.25, 0.3) is 0 Å². The Morgan fingerprint density at radius 2 is 2.06 bits per heavy atom. The third-order valence-corrected chi connectivity index (χ3v) is 6.34. The van der Waals surface area contributed by atoms with Crippen LogP contribution < -0.4 is 14.8 Å². The molecule has 2 atom stereocenters. The van der Waals surface area contributed by atoms with Crippen LogP contribution in [0.2, 0.25) is 0 Å². The Bertz CT molecular complexity index is 990. The number of nitrogens with zero attached hydrogens (tertiary/aromatic N) is 1. The SMILES string of the molecule is COc1ccc([C@@H](O)CN2CCC3(CC2)C[C@H](O)c2cc(F)ccc2O3)cc1NC(C)=O. The van der Waals surface area contributed by atoms with Crippen molar-refractivity contribution in [1.82, 2.24) is 4.90 Å². The molecule has 172 valence electrons. The van der Waals surface area contributed by atoms with Crippen molar-refractivity contribution in [2.24, 2.45) is 0 Å². The zero-order valence-electron chi connectivity index (χ0n) is 18.3. The summed E-state index contributed by atoms with van der Waals surface area (Å²) in [5.41, 5.74) is 1.23. The number of benzene rings is 2. The first-order chi connectivity index (χ1) is 15.3. The lowest BCUT2D eigenvalue weighted by Crippen LogP contribution is -2.51. The van der Waals surface area contributed by atoms with Gasteiger partial charge in [0.25, 0.3) is 0 Å². The van der Waals surface area contributed by atoms with Crippen molar-refractivity contribution in [3.05, 3.63) is 53.3 Å². The standard InChI is InChI=1S/C24H29FN2O5/c1-15(28)26-19-11-16(3-5-23(19)31-2)21(30)14-27-9-7-24(8-10-27)13-20(29)18-12-17(25)4-6-22(18)32-24/h3-6,11-12,20-21,29-30H,7-10,13-14H2,1-2H3,(H,26,28)/t20-,21-/m0/s1. The number of hydrogen-bond donors (Lipinski definition) is 3. The van der Waals surface area contributed by atoms with Gasteiger partial charge in [0.05, 0.1) is 25.0 Å². The third kappa shape index (κ3) is 4.72. The van der Waals surface area contributed by atoms with Crippen molar-refractivity contribution in [3.8, 4) is 11.5 Å². The molecule has 2 aliphatic heterocycles. The first-order valence-electron chi connectivity index (χ1n) is 10.8. The Kier molecular flexibility index (Phi) is 6.37. The zero-order chi connectivity index (χ0) is 22.9. The van der Waals surface area contributed by atoms with E-state index in [4.69, 9.17) is 9.47 Å². The van der Waals surface area contributed by atoms with E-state index in [1.54, 1.807) is 24.3 Å². The Hall–Kier alpha value is -2.68. The minimum atomic E-state index is -0.752. The van der Waals surface area contributed by atoms with Gasteiger partial charge in [-0.25, -0.2) is 4.39 Å². The summed E-state index contributed by atoms with van der Waals surface area (Å²) in [7, 11) is 1.53. The molecule has 0 unspecified atom stereocenters. The molecule has 0 aromatic heterocycles. The number of rotatable bonds is 5. The predicted octanol–water partition coefficient (Wildman–Crippen LogP) is 3.18. The van der Waals surface area contributed by atoms with Gasteiger partial charge in [0, 0.05) is 38.5 Å². The Morgan fingerprint density at radius 3 is 2.75 bits per heavy atom. The number of carbonyl (C=O) groups is 1. The molecule has 1 fully saturated rings. The number of hydrogen-bond acceptors (Lipinski definition) is 6. The summed E-state index contributed by atoms with van der Waals surface area (Å²) in [5.74, 6) is 0.480. The van der Waals surface area contributed by atoms with E-state index < -0.39 is 17.8 Å². The second kappa shape index (κ2) is 9.05. The quantitative estimate of drug-likeness (QED) is 0.656. The second-order valence-electron chi connectivity index (χ2n) is 8.64. The van der Waals surface area contributed by atoms with Crippen LogP contribution >= 0.6 is 0 Å². The molecule has 1 spiro atoms. The van der Waals surface area contributed by atoms with E-state index >= 15 is 0 Å². The van der Waals surface area contributed by atoms with Gasteiger partial charge in [-0.05, 0) is 48.7 Å². The van der Waals surface area contributed by atoms with Gasteiger partial charge in [-0.1, -0.05) is 6.07 Å². The summed E-state index contributed by atoms with van der Waals surface area (Å²) in [5, 5.41) is 24.1.